The molecule has 3 rings (SSSR count). The van der Waals surface area contributed by atoms with E-state index in [0.717, 1.165) is 29.4 Å². The minimum atomic E-state index is -1.05. The van der Waals surface area contributed by atoms with Crippen molar-refractivity contribution in [2.24, 2.45) is 0 Å². The summed E-state index contributed by atoms with van der Waals surface area (Å²) in [7, 11) is 0. The summed E-state index contributed by atoms with van der Waals surface area (Å²) in [5, 5.41) is 28.0. The Labute approximate surface area is 200 Å². The molecular formula is C21H14I2N4O3. The molecule has 1 aromatic carbocycles. The van der Waals surface area contributed by atoms with Gasteiger partial charge in [-0.1, -0.05) is 0 Å². The molecule has 0 fully saturated rings. The first-order valence-corrected chi connectivity index (χ1v) is 10.7. The molecule has 0 saturated heterocycles. The van der Waals surface area contributed by atoms with E-state index < -0.39 is 12.6 Å². The Bertz CT molecular complexity index is 1230. The average Bonchev–Trinajstić information content (AvgIpc) is 2.92. The smallest absolute Gasteiger partial charge is 0.341 e. The van der Waals surface area contributed by atoms with Crippen LogP contribution in [0.5, 0.6) is 5.75 Å². The Morgan fingerprint density at radius 1 is 1.27 bits per heavy atom. The number of aliphatic carboxylic acids is 1. The van der Waals surface area contributed by atoms with Crippen molar-refractivity contribution in [1.29, 1.82) is 10.5 Å². The average molecular weight is 624 g/mol. The molecule has 0 saturated carbocycles. The zero-order chi connectivity index (χ0) is 22.2. The zero-order valence-electron chi connectivity index (χ0n) is 15.9. The number of fused-ring (bicyclic) bond motifs is 1. The number of benzene rings is 1. The van der Waals surface area contributed by atoms with Gasteiger partial charge in [-0.15, -0.1) is 0 Å². The lowest BCUT2D eigenvalue weighted by Crippen LogP contribution is -2.11. The number of pyridine rings is 1. The summed E-state index contributed by atoms with van der Waals surface area (Å²) in [5.41, 5.74) is 11.0. The van der Waals surface area contributed by atoms with Crippen molar-refractivity contribution < 1.29 is 14.6 Å². The van der Waals surface area contributed by atoms with Gasteiger partial charge >= 0.3 is 5.97 Å². The molecule has 150 valence electrons. The van der Waals surface area contributed by atoms with Crippen LogP contribution in [0.4, 0.5) is 5.82 Å². The van der Waals surface area contributed by atoms with Gasteiger partial charge in [-0.25, -0.2) is 9.78 Å². The van der Waals surface area contributed by atoms with Crippen LogP contribution in [0.15, 0.2) is 17.7 Å². The van der Waals surface area contributed by atoms with Crippen LogP contribution in [-0.4, -0.2) is 22.7 Å². The highest BCUT2D eigenvalue weighted by atomic mass is 127. The van der Waals surface area contributed by atoms with Gasteiger partial charge < -0.3 is 15.6 Å². The molecule has 1 heterocycles. The molecule has 7 nitrogen and oxygen atoms in total. The highest BCUT2D eigenvalue weighted by molar-refractivity contribution is 14.1. The molecule has 0 unspecified atom stereocenters. The highest BCUT2D eigenvalue weighted by Gasteiger charge is 2.29. The Balaban J connectivity index is 2.18. The van der Waals surface area contributed by atoms with Gasteiger partial charge in [0.2, 0.25) is 0 Å². The summed E-state index contributed by atoms with van der Waals surface area (Å²) in [6.45, 7) is 3.22. The van der Waals surface area contributed by atoms with Gasteiger partial charge in [0.05, 0.1) is 24.0 Å². The zero-order valence-corrected chi connectivity index (χ0v) is 20.2. The molecule has 0 amide bonds. The third kappa shape index (κ3) is 3.87. The first-order chi connectivity index (χ1) is 14.2. The second-order valence-electron chi connectivity index (χ2n) is 6.50. The number of aromatic nitrogens is 1. The van der Waals surface area contributed by atoms with Crippen molar-refractivity contribution in [3.8, 4) is 17.9 Å². The lowest BCUT2D eigenvalue weighted by molar-refractivity contribution is -0.139. The molecule has 1 aliphatic carbocycles. The fraction of sp³-hybridized carbons (Fsp3) is 0.143. The molecular weight excluding hydrogens is 610 g/mol. The number of halogens is 2. The summed E-state index contributed by atoms with van der Waals surface area (Å²) in [6, 6.07) is 8.03. The maximum absolute atomic E-state index is 10.8. The molecule has 3 N–H and O–H groups in total. The van der Waals surface area contributed by atoms with E-state index in [4.69, 9.17) is 15.6 Å². The van der Waals surface area contributed by atoms with Crippen LogP contribution in [0.25, 0.3) is 17.2 Å². The number of nitrogen functional groups attached to an aromatic ring is 1. The fourth-order valence-corrected chi connectivity index (χ4v) is 5.42. The second kappa shape index (κ2) is 8.62. The number of nitrogens with two attached hydrogens (primary N) is 1. The Morgan fingerprint density at radius 2 is 1.90 bits per heavy atom. The molecule has 0 spiro atoms. The predicted molar refractivity (Wildman–Crippen MR) is 129 cm³/mol. The van der Waals surface area contributed by atoms with Crippen LogP contribution in [0, 0.1) is 36.7 Å². The van der Waals surface area contributed by atoms with Gasteiger partial charge in [0, 0.05) is 5.56 Å². The Kier molecular flexibility index (Phi) is 6.33. The standard InChI is InChI=1S/C21H14I2N4O3/c1-9-12(3-11-4-15(22)20(16(23)5-11)30-8-17(28)29)18-10(2)14(7-25)21(26)27-19(18)13(9)6-24/h3-5H,8H2,1-2H3,(H2,26,27)(H,28,29)/b12-3-. The summed E-state index contributed by atoms with van der Waals surface area (Å²) in [6.07, 6.45) is 1.93. The number of allylic oxidation sites excluding steroid dienone is 3. The largest absolute Gasteiger partial charge is 0.480 e. The third-order valence-electron chi connectivity index (χ3n) is 4.66. The number of carboxylic acid groups (broad SMARTS) is 1. The quantitative estimate of drug-likeness (QED) is 0.483. The maximum Gasteiger partial charge on any atom is 0.341 e. The first-order valence-electron chi connectivity index (χ1n) is 8.57. The first kappa shape index (κ1) is 22.1. The van der Waals surface area contributed by atoms with Crippen molar-refractivity contribution in [3.63, 3.8) is 0 Å². The number of nitriles is 2. The number of hydrogen-bond acceptors (Lipinski definition) is 6. The third-order valence-corrected chi connectivity index (χ3v) is 6.26. The van der Waals surface area contributed by atoms with Crippen LogP contribution in [-0.2, 0) is 4.79 Å². The normalized spacial score (nSPS) is 13.7. The van der Waals surface area contributed by atoms with Gasteiger partial charge in [0.1, 0.15) is 23.7 Å². The Morgan fingerprint density at radius 3 is 2.43 bits per heavy atom. The Hall–Kier alpha value is -2.64. The minimum Gasteiger partial charge on any atom is -0.480 e. The molecule has 0 atom stereocenters. The van der Waals surface area contributed by atoms with E-state index in [-0.39, 0.29) is 5.82 Å². The van der Waals surface area contributed by atoms with E-state index in [1.54, 1.807) is 6.92 Å². The number of nitrogens with zero attached hydrogens (tertiary/aromatic N) is 3. The molecule has 0 aliphatic heterocycles. The van der Waals surface area contributed by atoms with Crippen molar-refractivity contribution in [2.45, 2.75) is 13.8 Å². The van der Waals surface area contributed by atoms with Crippen LogP contribution >= 0.6 is 45.2 Å². The highest BCUT2D eigenvalue weighted by Crippen LogP contribution is 2.44. The van der Waals surface area contributed by atoms with Crippen LogP contribution in [0.1, 0.15) is 34.9 Å². The monoisotopic (exact) mass is 624 g/mol. The number of ether oxygens (including phenoxy) is 1. The topological polar surface area (TPSA) is 133 Å². The number of carbonyl (C=O) groups is 1. The minimum absolute atomic E-state index is 0.111. The number of anilines is 1. The summed E-state index contributed by atoms with van der Waals surface area (Å²) >= 11 is 4.19. The van der Waals surface area contributed by atoms with E-state index in [1.165, 1.54) is 0 Å². The van der Waals surface area contributed by atoms with Crippen molar-refractivity contribution >= 4 is 74.2 Å². The van der Waals surface area contributed by atoms with Crippen LogP contribution in [0.3, 0.4) is 0 Å². The summed E-state index contributed by atoms with van der Waals surface area (Å²) < 4.78 is 6.90. The molecule has 1 aromatic heterocycles. The molecule has 0 radical (unpaired) electrons. The lowest BCUT2D eigenvalue weighted by Gasteiger charge is -2.12. The fourth-order valence-electron chi connectivity index (χ4n) is 3.30. The molecule has 0 bridgehead atoms. The number of hydrogen-bond donors (Lipinski definition) is 2. The van der Waals surface area contributed by atoms with E-state index >= 15 is 0 Å². The number of rotatable bonds is 4. The van der Waals surface area contributed by atoms with Crippen molar-refractivity contribution in [1.82, 2.24) is 4.98 Å². The van der Waals surface area contributed by atoms with E-state index in [9.17, 15) is 15.3 Å². The van der Waals surface area contributed by atoms with Gasteiger partial charge in [-0.05, 0) is 99.5 Å². The molecule has 2 aromatic rings. The van der Waals surface area contributed by atoms with Crippen molar-refractivity contribution in [2.75, 3.05) is 12.3 Å². The summed E-state index contributed by atoms with van der Waals surface area (Å²) in [5.74, 6) is -0.426. The van der Waals surface area contributed by atoms with Crippen molar-refractivity contribution in [3.05, 3.63) is 52.8 Å². The van der Waals surface area contributed by atoms with E-state index in [2.05, 4.69) is 62.3 Å². The molecule has 1 aliphatic rings. The van der Waals surface area contributed by atoms with E-state index in [0.29, 0.717) is 28.1 Å². The summed E-state index contributed by atoms with van der Waals surface area (Å²) in [4.78, 5) is 15.1. The molecule has 9 heteroatoms. The van der Waals surface area contributed by atoms with Gasteiger partial charge in [0.15, 0.2) is 6.61 Å². The van der Waals surface area contributed by atoms with Gasteiger partial charge in [0.25, 0.3) is 0 Å². The number of carboxylic acids is 1. The predicted octanol–water partition coefficient (Wildman–Crippen LogP) is 4.37. The van der Waals surface area contributed by atoms with Gasteiger partial charge in [-0.2, -0.15) is 10.5 Å². The second-order valence-corrected chi connectivity index (χ2v) is 8.82. The maximum atomic E-state index is 10.8. The van der Waals surface area contributed by atoms with E-state index in [1.807, 2.05) is 25.1 Å². The SMILES string of the molecule is CC1=C(C#N)c2nc(N)c(C#N)c(C)c2/C1=C\c1cc(I)c(OCC(=O)O)c(I)c1. The van der Waals surface area contributed by atoms with Crippen LogP contribution in [0.2, 0.25) is 0 Å². The van der Waals surface area contributed by atoms with Crippen LogP contribution < -0.4 is 10.5 Å². The molecule has 30 heavy (non-hydrogen) atoms. The van der Waals surface area contributed by atoms with Gasteiger partial charge in [-0.3, -0.25) is 0 Å². The lowest BCUT2D eigenvalue weighted by atomic mass is 9.95.